The number of nitrogens with zero attached hydrogens (tertiary/aromatic N) is 1. The molecule has 1 fully saturated rings. The SMILES string of the molecule is CCCCC1CCC(CCC(Oc2ccc(C#N)c(F)c2)c2ccccc2)CC1. The second-order valence-corrected chi connectivity index (χ2v) is 8.38. The molecule has 0 radical (unpaired) electrons. The number of benzene rings is 2. The number of nitriles is 1. The molecular formula is C26H32FNO. The minimum absolute atomic E-state index is 0.0495. The largest absolute Gasteiger partial charge is 0.486 e. The highest BCUT2D eigenvalue weighted by molar-refractivity contribution is 5.36. The Bertz CT molecular complexity index is 790. The third-order valence-electron chi connectivity index (χ3n) is 6.28. The lowest BCUT2D eigenvalue weighted by Crippen LogP contribution is -2.16. The molecule has 2 nitrogen and oxygen atoms in total. The first kappa shape index (κ1) is 21.4. The molecule has 29 heavy (non-hydrogen) atoms. The van der Waals surface area contributed by atoms with Gasteiger partial charge in [0.25, 0.3) is 0 Å². The quantitative estimate of drug-likeness (QED) is 0.439. The Balaban J connectivity index is 1.60. The van der Waals surface area contributed by atoms with E-state index < -0.39 is 5.82 Å². The van der Waals surface area contributed by atoms with E-state index in [1.165, 1.54) is 57.1 Å². The lowest BCUT2D eigenvalue weighted by molar-refractivity contribution is 0.167. The summed E-state index contributed by atoms with van der Waals surface area (Å²) in [6, 6.07) is 16.6. The molecule has 0 aliphatic heterocycles. The Hall–Kier alpha value is -2.34. The lowest BCUT2D eigenvalue weighted by atomic mass is 9.77. The first-order chi connectivity index (χ1) is 14.2. The standard InChI is InChI=1S/C26H32FNO/c1-2-3-7-20-10-12-21(13-11-20)14-17-26(22-8-5-4-6-9-22)29-24-16-15-23(19-28)25(27)18-24/h4-6,8-9,15-16,18,20-21,26H,2-3,7,10-14,17H2,1H3. The van der Waals surface area contributed by atoms with Crippen molar-refractivity contribution in [2.75, 3.05) is 0 Å². The number of hydrogen-bond donors (Lipinski definition) is 0. The predicted molar refractivity (Wildman–Crippen MR) is 115 cm³/mol. The van der Waals surface area contributed by atoms with E-state index in [2.05, 4.69) is 19.1 Å². The maximum Gasteiger partial charge on any atom is 0.144 e. The number of hydrogen-bond acceptors (Lipinski definition) is 2. The molecule has 0 aromatic heterocycles. The Labute approximate surface area is 174 Å². The van der Waals surface area contributed by atoms with Gasteiger partial charge in [0.1, 0.15) is 23.7 Å². The van der Waals surface area contributed by atoms with Gasteiger partial charge in [0, 0.05) is 6.07 Å². The Morgan fingerprint density at radius 3 is 2.34 bits per heavy atom. The summed E-state index contributed by atoms with van der Waals surface area (Å²) in [4.78, 5) is 0. The second kappa shape index (κ2) is 11.0. The van der Waals surface area contributed by atoms with Crippen molar-refractivity contribution in [3.05, 3.63) is 65.5 Å². The molecule has 3 heteroatoms. The van der Waals surface area contributed by atoms with Crippen LogP contribution in [-0.2, 0) is 0 Å². The predicted octanol–water partition coefficient (Wildman–Crippen LogP) is 7.59. The van der Waals surface area contributed by atoms with Crippen LogP contribution in [0.5, 0.6) is 5.75 Å². The van der Waals surface area contributed by atoms with Crippen LogP contribution in [0.3, 0.4) is 0 Å². The van der Waals surface area contributed by atoms with Crippen LogP contribution in [-0.4, -0.2) is 0 Å². The van der Waals surface area contributed by atoms with Crippen molar-refractivity contribution in [1.82, 2.24) is 0 Å². The summed E-state index contributed by atoms with van der Waals surface area (Å²) < 4.78 is 20.2. The zero-order valence-corrected chi connectivity index (χ0v) is 17.4. The van der Waals surface area contributed by atoms with E-state index in [1.54, 1.807) is 6.07 Å². The zero-order chi connectivity index (χ0) is 20.5. The van der Waals surface area contributed by atoms with Crippen LogP contribution >= 0.6 is 0 Å². The molecule has 0 saturated heterocycles. The third kappa shape index (κ3) is 6.32. The summed E-state index contributed by atoms with van der Waals surface area (Å²) in [5.74, 6) is 1.65. The van der Waals surface area contributed by atoms with Crippen molar-refractivity contribution in [3.63, 3.8) is 0 Å². The first-order valence-electron chi connectivity index (χ1n) is 11.1. The van der Waals surface area contributed by atoms with E-state index in [-0.39, 0.29) is 11.7 Å². The fourth-order valence-electron chi connectivity index (χ4n) is 4.47. The maximum atomic E-state index is 14.0. The van der Waals surface area contributed by atoms with E-state index in [0.29, 0.717) is 5.75 Å². The van der Waals surface area contributed by atoms with Crippen LogP contribution in [0, 0.1) is 29.0 Å². The van der Waals surface area contributed by atoms with Gasteiger partial charge >= 0.3 is 0 Å². The van der Waals surface area contributed by atoms with Crippen LogP contribution in [0.1, 0.15) is 81.9 Å². The molecule has 0 spiro atoms. The fourth-order valence-corrected chi connectivity index (χ4v) is 4.47. The van der Waals surface area contributed by atoms with Crippen LogP contribution in [0.2, 0.25) is 0 Å². The zero-order valence-electron chi connectivity index (χ0n) is 17.4. The van der Waals surface area contributed by atoms with E-state index >= 15 is 0 Å². The van der Waals surface area contributed by atoms with Gasteiger partial charge in [0.2, 0.25) is 0 Å². The van der Waals surface area contributed by atoms with E-state index in [4.69, 9.17) is 10.00 Å². The van der Waals surface area contributed by atoms with Crippen LogP contribution in [0.25, 0.3) is 0 Å². The minimum atomic E-state index is -0.526. The smallest absolute Gasteiger partial charge is 0.144 e. The molecule has 0 N–H and O–H groups in total. The summed E-state index contributed by atoms with van der Waals surface area (Å²) in [6.45, 7) is 2.27. The maximum absolute atomic E-state index is 14.0. The third-order valence-corrected chi connectivity index (χ3v) is 6.28. The van der Waals surface area contributed by atoms with Crippen molar-refractivity contribution in [2.45, 2.75) is 70.8 Å². The molecule has 0 bridgehead atoms. The summed E-state index contributed by atoms with van der Waals surface area (Å²) in [5, 5.41) is 8.93. The summed E-state index contributed by atoms with van der Waals surface area (Å²) in [5.41, 5.74) is 1.17. The Morgan fingerprint density at radius 2 is 1.72 bits per heavy atom. The average Bonchev–Trinajstić information content (AvgIpc) is 2.76. The van der Waals surface area contributed by atoms with Gasteiger partial charge in [-0.15, -0.1) is 0 Å². The van der Waals surface area contributed by atoms with Crippen molar-refractivity contribution < 1.29 is 9.13 Å². The molecule has 1 unspecified atom stereocenters. The van der Waals surface area contributed by atoms with Gasteiger partial charge in [-0.05, 0) is 42.4 Å². The number of halogens is 1. The van der Waals surface area contributed by atoms with Crippen molar-refractivity contribution in [3.8, 4) is 11.8 Å². The van der Waals surface area contributed by atoms with Gasteiger partial charge in [-0.3, -0.25) is 0 Å². The van der Waals surface area contributed by atoms with Crippen molar-refractivity contribution >= 4 is 0 Å². The first-order valence-corrected chi connectivity index (χ1v) is 11.1. The van der Waals surface area contributed by atoms with E-state index in [0.717, 1.165) is 30.2 Å². The van der Waals surface area contributed by atoms with E-state index in [9.17, 15) is 4.39 Å². The highest BCUT2D eigenvalue weighted by Gasteiger charge is 2.23. The minimum Gasteiger partial charge on any atom is -0.486 e. The monoisotopic (exact) mass is 393 g/mol. The molecule has 1 atom stereocenters. The molecule has 2 aromatic carbocycles. The Morgan fingerprint density at radius 1 is 1.03 bits per heavy atom. The Kier molecular flexibility index (Phi) is 8.11. The van der Waals surface area contributed by atoms with E-state index in [1.807, 2.05) is 24.3 Å². The van der Waals surface area contributed by atoms with Gasteiger partial charge in [-0.25, -0.2) is 4.39 Å². The van der Waals surface area contributed by atoms with Crippen LogP contribution in [0.15, 0.2) is 48.5 Å². The molecule has 154 valence electrons. The van der Waals surface area contributed by atoms with Gasteiger partial charge in [0.15, 0.2) is 0 Å². The van der Waals surface area contributed by atoms with Crippen LogP contribution in [0.4, 0.5) is 4.39 Å². The van der Waals surface area contributed by atoms with Crippen LogP contribution < -0.4 is 4.74 Å². The molecule has 1 aliphatic rings. The normalized spacial score (nSPS) is 20.0. The topological polar surface area (TPSA) is 33.0 Å². The molecule has 1 saturated carbocycles. The second-order valence-electron chi connectivity index (χ2n) is 8.38. The number of ether oxygens (including phenoxy) is 1. The highest BCUT2D eigenvalue weighted by Crippen LogP contribution is 2.36. The molecular weight excluding hydrogens is 361 g/mol. The van der Waals surface area contributed by atoms with Crippen molar-refractivity contribution in [2.24, 2.45) is 11.8 Å². The summed E-state index contributed by atoms with van der Waals surface area (Å²) in [7, 11) is 0. The molecule has 0 amide bonds. The van der Waals surface area contributed by atoms with Crippen molar-refractivity contribution in [1.29, 1.82) is 5.26 Å². The molecule has 0 heterocycles. The molecule has 2 aromatic rings. The number of rotatable bonds is 9. The summed E-state index contributed by atoms with van der Waals surface area (Å²) >= 11 is 0. The van der Waals surface area contributed by atoms with Gasteiger partial charge < -0.3 is 4.74 Å². The average molecular weight is 394 g/mol. The molecule has 3 rings (SSSR count). The summed E-state index contributed by atoms with van der Waals surface area (Å²) in [6.07, 6.45) is 11.4. The van der Waals surface area contributed by atoms with Gasteiger partial charge in [-0.2, -0.15) is 5.26 Å². The fraction of sp³-hybridized carbons (Fsp3) is 0.500. The lowest BCUT2D eigenvalue weighted by Gasteiger charge is -2.30. The molecule has 1 aliphatic carbocycles. The number of unbranched alkanes of at least 4 members (excludes halogenated alkanes) is 1. The van der Waals surface area contributed by atoms with Gasteiger partial charge in [0.05, 0.1) is 5.56 Å². The van der Waals surface area contributed by atoms with Gasteiger partial charge in [-0.1, -0.05) is 82.2 Å². The highest BCUT2D eigenvalue weighted by atomic mass is 19.1.